The fourth-order valence-electron chi connectivity index (χ4n) is 2.14. The van der Waals surface area contributed by atoms with E-state index in [1.807, 2.05) is 0 Å². The number of likely N-dealkylation sites (N-methyl/N-ethyl adjacent to an activating group) is 1. The van der Waals surface area contributed by atoms with E-state index in [9.17, 15) is 0 Å². The molecule has 0 saturated carbocycles. The highest BCUT2D eigenvalue weighted by atomic mass is 16.5. The van der Waals surface area contributed by atoms with Gasteiger partial charge in [-0.25, -0.2) is 9.97 Å². The Morgan fingerprint density at radius 1 is 1.41 bits per heavy atom. The lowest BCUT2D eigenvalue weighted by Gasteiger charge is -2.28. The van der Waals surface area contributed by atoms with Gasteiger partial charge in [0.15, 0.2) is 0 Å². The van der Waals surface area contributed by atoms with Crippen LogP contribution in [0, 0.1) is 0 Å². The second-order valence-electron chi connectivity index (χ2n) is 4.59. The molecule has 4 heteroatoms. The molecule has 0 radical (unpaired) electrons. The molecule has 1 saturated heterocycles. The van der Waals surface area contributed by atoms with E-state index in [1.165, 1.54) is 12.8 Å². The van der Waals surface area contributed by atoms with Gasteiger partial charge in [0.1, 0.15) is 12.1 Å². The maximum Gasteiger partial charge on any atom is 0.132 e. The number of aromatic nitrogens is 2. The van der Waals surface area contributed by atoms with Crippen LogP contribution in [0.1, 0.15) is 31.9 Å². The van der Waals surface area contributed by atoms with E-state index >= 15 is 0 Å². The number of nitrogens with zero attached hydrogens (tertiary/aromatic N) is 3. The summed E-state index contributed by atoms with van der Waals surface area (Å²) in [5.41, 5.74) is 1.09. The molecule has 1 unspecified atom stereocenters. The molecule has 4 nitrogen and oxygen atoms in total. The highest BCUT2D eigenvalue weighted by molar-refractivity contribution is 5.37. The van der Waals surface area contributed by atoms with Crippen molar-refractivity contribution in [2.24, 2.45) is 0 Å². The number of rotatable bonds is 4. The Morgan fingerprint density at radius 2 is 2.29 bits per heavy atom. The van der Waals surface area contributed by atoms with E-state index in [1.54, 1.807) is 6.33 Å². The van der Waals surface area contributed by atoms with Crippen LogP contribution in [0.25, 0.3) is 0 Å². The van der Waals surface area contributed by atoms with Crippen LogP contribution < -0.4 is 4.90 Å². The first-order chi connectivity index (χ1) is 8.29. The minimum atomic E-state index is 0.355. The smallest absolute Gasteiger partial charge is 0.132 e. The summed E-state index contributed by atoms with van der Waals surface area (Å²) in [7, 11) is 2.07. The van der Waals surface area contributed by atoms with Gasteiger partial charge < -0.3 is 9.64 Å². The van der Waals surface area contributed by atoms with Crippen molar-refractivity contribution in [1.29, 1.82) is 0 Å². The molecule has 1 fully saturated rings. The van der Waals surface area contributed by atoms with Crippen molar-refractivity contribution >= 4 is 5.82 Å². The highest BCUT2D eigenvalue weighted by Crippen LogP contribution is 2.16. The van der Waals surface area contributed by atoms with Gasteiger partial charge in [0.25, 0.3) is 0 Å². The molecule has 0 amide bonds. The van der Waals surface area contributed by atoms with Crippen LogP contribution in [0.4, 0.5) is 5.82 Å². The summed E-state index contributed by atoms with van der Waals surface area (Å²) in [6.07, 6.45) is 6.59. The summed E-state index contributed by atoms with van der Waals surface area (Å²) in [5.74, 6) is 0.992. The largest absolute Gasteiger partial charge is 0.376 e. The van der Waals surface area contributed by atoms with Gasteiger partial charge >= 0.3 is 0 Å². The zero-order valence-electron chi connectivity index (χ0n) is 10.7. The maximum absolute atomic E-state index is 5.74. The third kappa shape index (κ3) is 3.40. The Balaban J connectivity index is 1.95. The van der Waals surface area contributed by atoms with E-state index in [4.69, 9.17) is 4.74 Å². The number of ether oxygens (including phenoxy) is 1. The minimum Gasteiger partial charge on any atom is -0.376 e. The van der Waals surface area contributed by atoms with Gasteiger partial charge in [0.05, 0.1) is 6.10 Å². The highest BCUT2D eigenvalue weighted by Gasteiger charge is 2.16. The quantitative estimate of drug-likeness (QED) is 0.800. The molecule has 0 aliphatic carbocycles. The third-order valence-corrected chi connectivity index (χ3v) is 3.21. The van der Waals surface area contributed by atoms with E-state index in [2.05, 4.69) is 34.9 Å². The Labute approximate surface area is 103 Å². The average Bonchev–Trinajstić information content (AvgIpc) is 2.40. The van der Waals surface area contributed by atoms with Crippen LogP contribution in [0.5, 0.6) is 0 Å². The lowest BCUT2D eigenvalue weighted by Crippen LogP contribution is -2.33. The summed E-state index contributed by atoms with van der Waals surface area (Å²) < 4.78 is 5.74. The molecule has 1 atom stereocenters. The standard InChI is InChI=1S/C13H21N3O/c1-3-11-8-13(15-10-14-11)16(2)9-12-6-4-5-7-17-12/h8,10,12H,3-7,9H2,1-2H3. The predicted molar refractivity (Wildman–Crippen MR) is 68.3 cm³/mol. The normalized spacial score (nSPS) is 20.2. The van der Waals surface area contributed by atoms with Crippen molar-refractivity contribution < 1.29 is 4.74 Å². The Hall–Kier alpha value is -1.16. The SMILES string of the molecule is CCc1cc(N(C)CC2CCCCO2)ncn1. The van der Waals surface area contributed by atoms with Crippen molar-refractivity contribution in [2.75, 3.05) is 25.1 Å². The Kier molecular flexibility index (Phi) is 4.31. The monoisotopic (exact) mass is 235 g/mol. The summed E-state index contributed by atoms with van der Waals surface area (Å²) >= 11 is 0. The zero-order chi connectivity index (χ0) is 12.1. The van der Waals surface area contributed by atoms with Crippen molar-refractivity contribution in [2.45, 2.75) is 38.7 Å². The molecule has 94 valence electrons. The summed E-state index contributed by atoms with van der Waals surface area (Å²) in [6, 6.07) is 2.06. The molecule has 0 spiro atoms. The van der Waals surface area contributed by atoms with Gasteiger partial charge in [-0.05, 0) is 25.7 Å². The van der Waals surface area contributed by atoms with Gasteiger partial charge in [0.2, 0.25) is 0 Å². The first-order valence-electron chi connectivity index (χ1n) is 6.43. The molecule has 0 bridgehead atoms. The molecule has 17 heavy (non-hydrogen) atoms. The minimum absolute atomic E-state index is 0.355. The molecule has 1 aromatic heterocycles. The van der Waals surface area contributed by atoms with Crippen molar-refractivity contribution in [3.05, 3.63) is 18.1 Å². The molecule has 1 aliphatic heterocycles. The summed E-state index contributed by atoms with van der Waals surface area (Å²) in [6.45, 7) is 3.93. The fourth-order valence-corrected chi connectivity index (χ4v) is 2.14. The molecule has 1 aliphatic rings. The lowest BCUT2D eigenvalue weighted by molar-refractivity contribution is 0.0215. The van der Waals surface area contributed by atoms with Gasteiger partial charge in [0, 0.05) is 32.0 Å². The number of anilines is 1. The molecule has 0 aromatic carbocycles. The molecule has 1 aromatic rings. The van der Waals surface area contributed by atoms with E-state index < -0.39 is 0 Å². The van der Waals surface area contributed by atoms with E-state index in [0.29, 0.717) is 6.10 Å². The second-order valence-corrected chi connectivity index (χ2v) is 4.59. The summed E-state index contributed by atoms with van der Waals surface area (Å²) in [5, 5.41) is 0. The Morgan fingerprint density at radius 3 is 3.00 bits per heavy atom. The van der Waals surface area contributed by atoms with E-state index in [-0.39, 0.29) is 0 Å². The van der Waals surface area contributed by atoms with Crippen LogP contribution in [0.2, 0.25) is 0 Å². The van der Waals surface area contributed by atoms with Crippen LogP contribution in [0.15, 0.2) is 12.4 Å². The number of aryl methyl sites for hydroxylation is 1. The number of hydrogen-bond donors (Lipinski definition) is 0. The predicted octanol–water partition coefficient (Wildman–Crippen LogP) is 2.04. The summed E-state index contributed by atoms with van der Waals surface area (Å²) in [4.78, 5) is 10.7. The first-order valence-corrected chi connectivity index (χ1v) is 6.43. The van der Waals surface area contributed by atoms with Crippen LogP contribution in [-0.4, -0.2) is 36.3 Å². The first kappa shape index (κ1) is 12.3. The van der Waals surface area contributed by atoms with Gasteiger partial charge in [-0.15, -0.1) is 0 Å². The zero-order valence-corrected chi connectivity index (χ0v) is 10.7. The number of hydrogen-bond acceptors (Lipinski definition) is 4. The molecular formula is C13H21N3O. The van der Waals surface area contributed by atoms with Gasteiger partial charge in [-0.1, -0.05) is 6.92 Å². The van der Waals surface area contributed by atoms with Crippen molar-refractivity contribution in [3.8, 4) is 0 Å². The third-order valence-electron chi connectivity index (χ3n) is 3.21. The van der Waals surface area contributed by atoms with Crippen molar-refractivity contribution in [3.63, 3.8) is 0 Å². The van der Waals surface area contributed by atoms with Gasteiger partial charge in [-0.2, -0.15) is 0 Å². The van der Waals surface area contributed by atoms with E-state index in [0.717, 1.165) is 37.5 Å². The van der Waals surface area contributed by atoms with Gasteiger partial charge in [-0.3, -0.25) is 0 Å². The molecule has 2 heterocycles. The second kappa shape index (κ2) is 5.96. The van der Waals surface area contributed by atoms with Crippen LogP contribution in [0.3, 0.4) is 0 Å². The maximum atomic E-state index is 5.74. The molecule has 2 rings (SSSR count). The molecular weight excluding hydrogens is 214 g/mol. The topological polar surface area (TPSA) is 38.2 Å². The van der Waals surface area contributed by atoms with Crippen molar-refractivity contribution in [1.82, 2.24) is 9.97 Å². The fraction of sp³-hybridized carbons (Fsp3) is 0.692. The molecule has 0 N–H and O–H groups in total. The lowest BCUT2D eigenvalue weighted by atomic mass is 10.1. The Bertz CT molecular complexity index is 350. The van der Waals surface area contributed by atoms with Crippen LogP contribution >= 0.6 is 0 Å². The average molecular weight is 235 g/mol. The van der Waals surface area contributed by atoms with Crippen LogP contribution in [-0.2, 0) is 11.2 Å².